The van der Waals surface area contributed by atoms with E-state index < -0.39 is 10.9 Å². The Hall–Kier alpha value is -3.76. The molecule has 0 radical (unpaired) electrons. The maximum absolute atomic E-state index is 11.5. The number of nitro groups is 1. The van der Waals surface area contributed by atoms with Gasteiger partial charge in [0.25, 0.3) is 5.69 Å². The van der Waals surface area contributed by atoms with Gasteiger partial charge in [-0.2, -0.15) is 5.10 Å². The lowest BCUT2D eigenvalue weighted by Gasteiger charge is -2.26. The smallest absolute Gasteiger partial charge is 0.277 e. The lowest BCUT2D eigenvalue weighted by molar-refractivity contribution is -0.384. The number of aromatic carboxylic acids is 1. The number of rotatable bonds is 8. The Bertz CT molecular complexity index is 1110. The van der Waals surface area contributed by atoms with Crippen molar-refractivity contribution in [3.05, 3.63) is 70.4 Å². The van der Waals surface area contributed by atoms with Crippen molar-refractivity contribution in [1.29, 1.82) is 0 Å². The number of hydrogen-bond acceptors (Lipinski definition) is 8. The first-order chi connectivity index (χ1) is 15.5. The van der Waals surface area contributed by atoms with Crippen molar-refractivity contribution in [3.8, 4) is 22.7 Å². The number of carboxylic acids is 1. The fourth-order valence-electron chi connectivity index (χ4n) is 3.56. The summed E-state index contributed by atoms with van der Waals surface area (Å²) >= 11 is 0. The molecule has 0 aliphatic carbocycles. The Kier molecular flexibility index (Phi) is 6.43. The van der Waals surface area contributed by atoms with Gasteiger partial charge in [-0.15, -0.1) is 0 Å². The van der Waals surface area contributed by atoms with Crippen LogP contribution >= 0.6 is 0 Å². The fourth-order valence-corrected chi connectivity index (χ4v) is 3.56. The molecule has 0 saturated carbocycles. The van der Waals surface area contributed by atoms with Gasteiger partial charge in [-0.25, -0.2) is 4.68 Å². The summed E-state index contributed by atoms with van der Waals surface area (Å²) in [5, 5.41) is 27.0. The van der Waals surface area contributed by atoms with Gasteiger partial charge in [0.2, 0.25) is 5.88 Å². The van der Waals surface area contributed by atoms with Crippen LogP contribution in [0.15, 0.2) is 54.7 Å². The summed E-state index contributed by atoms with van der Waals surface area (Å²) < 4.78 is 12.5. The molecule has 10 nitrogen and oxygen atoms in total. The predicted molar refractivity (Wildman–Crippen MR) is 113 cm³/mol. The molecule has 0 spiro atoms. The second-order valence-electron chi connectivity index (χ2n) is 7.19. The van der Waals surface area contributed by atoms with Crippen LogP contribution in [0.2, 0.25) is 0 Å². The van der Waals surface area contributed by atoms with Crippen LogP contribution in [-0.4, -0.2) is 65.0 Å². The maximum atomic E-state index is 11.5. The molecule has 1 aromatic heterocycles. The molecular formula is C22H21N4O6-. The van der Waals surface area contributed by atoms with E-state index in [2.05, 4.69) is 10.00 Å². The number of ether oxygens (including phenoxy) is 2. The number of para-hydroxylation sites is 1. The summed E-state index contributed by atoms with van der Waals surface area (Å²) in [6.07, 6.45) is 1.19. The van der Waals surface area contributed by atoms with E-state index in [1.54, 1.807) is 42.5 Å². The SMILES string of the molecule is O=C([O-])c1cnn(-c2ccc(-c3ccccc3[N+](=O)[O-])cc2)c1OCCN1CCOCC1. The summed E-state index contributed by atoms with van der Waals surface area (Å²) in [6, 6.07) is 13.3. The molecular weight excluding hydrogens is 416 g/mol. The van der Waals surface area contributed by atoms with E-state index in [0.717, 1.165) is 13.1 Å². The van der Waals surface area contributed by atoms with E-state index in [1.165, 1.54) is 16.9 Å². The number of nitro benzene ring substituents is 1. The topological polar surface area (TPSA) is 123 Å². The van der Waals surface area contributed by atoms with Gasteiger partial charge >= 0.3 is 0 Å². The highest BCUT2D eigenvalue weighted by Crippen LogP contribution is 2.31. The molecule has 2 aromatic carbocycles. The molecule has 0 atom stereocenters. The molecule has 32 heavy (non-hydrogen) atoms. The molecule has 1 fully saturated rings. The van der Waals surface area contributed by atoms with E-state index in [9.17, 15) is 20.0 Å². The van der Waals surface area contributed by atoms with Gasteiger partial charge in [0.15, 0.2) is 0 Å². The highest BCUT2D eigenvalue weighted by molar-refractivity contribution is 5.88. The van der Waals surface area contributed by atoms with Gasteiger partial charge in [0.05, 0.1) is 47.1 Å². The summed E-state index contributed by atoms with van der Waals surface area (Å²) in [6.45, 7) is 3.81. The summed E-state index contributed by atoms with van der Waals surface area (Å²) in [5.41, 5.74) is 1.56. The molecule has 0 amide bonds. The van der Waals surface area contributed by atoms with E-state index >= 15 is 0 Å². The average Bonchev–Trinajstić information content (AvgIpc) is 3.24. The second kappa shape index (κ2) is 9.58. The molecule has 4 rings (SSSR count). The van der Waals surface area contributed by atoms with Crippen LogP contribution in [0.3, 0.4) is 0 Å². The molecule has 1 aliphatic rings. The molecule has 166 valence electrons. The van der Waals surface area contributed by atoms with Gasteiger partial charge < -0.3 is 19.4 Å². The first-order valence-corrected chi connectivity index (χ1v) is 10.1. The molecule has 2 heterocycles. The van der Waals surface area contributed by atoms with Crippen LogP contribution in [0.25, 0.3) is 16.8 Å². The number of nitrogens with zero attached hydrogens (tertiary/aromatic N) is 4. The molecule has 10 heteroatoms. The van der Waals surface area contributed by atoms with E-state index in [1.807, 2.05) is 0 Å². The minimum atomic E-state index is -1.38. The number of carbonyl (C=O) groups is 1. The third-order valence-corrected chi connectivity index (χ3v) is 5.22. The highest BCUT2D eigenvalue weighted by Gasteiger charge is 2.18. The second-order valence-corrected chi connectivity index (χ2v) is 7.19. The van der Waals surface area contributed by atoms with Crippen LogP contribution in [0, 0.1) is 10.1 Å². The predicted octanol–water partition coefficient (Wildman–Crippen LogP) is 1.52. The summed E-state index contributed by atoms with van der Waals surface area (Å²) in [7, 11) is 0. The molecule has 3 aromatic rings. The van der Waals surface area contributed by atoms with Gasteiger partial charge in [0, 0.05) is 25.7 Å². The van der Waals surface area contributed by atoms with Crippen LogP contribution in [-0.2, 0) is 4.74 Å². The molecule has 1 aliphatic heterocycles. The normalized spacial score (nSPS) is 14.2. The van der Waals surface area contributed by atoms with Gasteiger partial charge in [-0.1, -0.05) is 24.3 Å². The standard InChI is InChI=1S/C22H22N4O6/c27-22(28)19-15-23-25(21(19)32-14-11-24-9-12-31-13-10-24)17-7-5-16(6-8-17)18-3-1-2-4-20(18)26(29)30/h1-8,15H,9-14H2,(H,27,28)/p-1. The number of carbonyl (C=O) groups excluding carboxylic acids is 1. The van der Waals surface area contributed by atoms with E-state index in [4.69, 9.17) is 9.47 Å². The molecule has 0 N–H and O–H groups in total. The fraction of sp³-hybridized carbons (Fsp3) is 0.273. The average molecular weight is 437 g/mol. The Labute approximate surface area is 183 Å². The number of benzene rings is 2. The van der Waals surface area contributed by atoms with Crippen molar-refractivity contribution >= 4 is 11.7 Å². The first-order valence-electron chi connectivity index (χ1n) is 10.1. The molecule has 0 bridgehead atoms. The quantitative estimate of drug-likeness (QED) is 0.384. The monoisotopic (exact) mass is 437 g/mol. The largest absolute Gasteiger partial charge is 0.545 e. The molecule has 0 unspecified atom stereocenters. The Balaban J connectivity index is 1.57. The zero-order valence-electron chi connectivity index (χ0n) is 17.2. The Morgan fingerprint density at radius 3 is 2.53 bits per heavy atom. The Morgan fingerprint density at radius 2 is 1.84 bits per heavy atom. The van der Waals surface area contributed by atoms with Crippen LogP contribution in [0.1, 0.15) is 10.4 Å². The number of morpholine rings is 1. The van der Waals surface area contributed by atoms with Gasteiger partial charge in [-0.3, -0.25) is 15.0 Å². The van der Waals surface area contributed by atoms with Crippen LogP contribution in [0.5, 0.6) is 5.88 Å². The van der Waals surface area contributed by atoms with Crippen molar-refractivity contribution in [2.24, 2.45) is 0 Å². The van der Waals surface area contributed by atoms with Gasteiger partial charge in [0.1, 0.15) is 6.61 Å². The van der Waals surface area contributed by atoms with Crippen molar-refractivity contribution < 1.29 is 24.3 Å². The van der Waals surface area contributed by atoms with Crippen LogP contribution < -0.4 is 9.84 Å². The lowest BCUT2D eigenvalue weighted by Crippen LogP contribution is -2.38. The van der Waals surface area contributed by atoms with E-state index in [-0.39, 0.29) is 23.7 Å². The van der Waals surface area contributed by atoms with Crippen LogP contribution in [0.4, 0.5) is 5.69 Å². The third-order valence-electron chi connectivity index (χ3n) is 5.22. The summed E-state index contributed by atoms with van der Waals surface area (Å²) in [5.74, 6) is -1.30. The minimum Gasteiger partial charge on any atom is -0.545 e. The lowest BCUT2D eigenvalue weighted by atomic mass is 10.0. The van der Waals surface area contributed by atoms with Crippen molar-refractivity contribution in [3.63, 3.8) is 0 Å². The van der Waals surface area contributed by atoms with Crippen molar-refractivity contribution in [1.82, 2.24) is 14.7 Å². The van der Waals surface area contributed by atoms with Crippen molar-refractivity contribution in [2.45, 2.75) is 0 Å². The Morgan fingerprint density at radius 1 is 1.12 bits per heavy atom. The number of hydrogen-bond donors (Lipinski definition) is 0. The van der Waals surface area contributed by atoms with Crippen molar-refractivity contribution in [2.75, 3.05) is 39.5 Å². The van der Waals surface area contributed by atoms with E-state index in [0.29, 0.717) is 36.6 Å². The third kappa shape index (κ3) is 4.61. The zero-order valence-corrected chi connectivity index (χ0v) is 17.2. The number of aromatic nitrogens is 2. The number of carboxylic acid groups (broad SMARTS) is 1. The van der Waals surface area contributed by atoms with Gasteiger partial charge in [-0.05, 0) is 23.8 Å². The highest BCUT2D eigenvalue weighted by atomic mass is 16.6. The minimum absolute atomic E-state index is 0.00529. The maximum Gasteiger partial charge on any atom is 0.277 e. The molecule has 1 saturated heterocycles. The first kappa shape index (κ1) is 21.5. The summed E-state index contributed by atoms with van der Waals surface area (Å²) in [4.78, 5) is 24.6. The zero-order chi connectivity index (χ0) is 22.5.